The molecule has 0 aliphatic carbocycles. The first kappa shape index (κ1) is 23.7. The maximum atomic E-state index is 13.3. The van der Waals surface area contributed by atoms with Gasteiger partial charge in [-0.15, -0.1) is 0 Å². The van der Waals surface area contributed by atoms with Gasteiger partial charge in [0.1, 0.15) is 11.5 Å². The van der Waals surface area contributed by atoms with Crippen LogP contribution >= 0.6 is 0 Å². The molecule has 1 atom stereocenters. The maximum absolute atomic E-state index is 13.3. The number of ether oxygens (including phenoxy) is 2. The van der Waals surface area contributed by atoms with Crippen LogP contribution in [0, 0.1) is 0 Å². The monoisotopic (exact) mass is 472 g/mol. The molecule has 2 aromatic carbocycles. The molecule has 1 fully saturated rings. The van der Waals surface area contributed by atoms with Gasteiger partial charge in [0.2, 0.25) is 0 Å². The van der Waals surface area contributed by atoms with E-state index < -0.39 is 23.7 Å². The number of methoxy groups -OCH3 is 1. The van der Waals surface area contributed by atoms with Crippen LogP contribution in [0.1, 0.15) is 41.4 Å². The maximum Gasteiger partial charge on any atom is 0.338 e. The van der Waals surface area contributed by atoms with Gasteiger partial charge in [-0.25, -0.2) is 4.79 Å². The van der Waals surface area contributed by atoms with Gasteiger partial charge < -0.3 is 14.6 Å². The lowest BCUT2D eigenvalue weighted by molar-refractivity contribution is -0.132. The first-order valence-corrected chi connectivity index (χ1v) is 11.0. The van der Waals surface area contributed by atoms with Gasteiger partial charge in [-0.3, -0.25) is 19.5 Å². The highest BCUT2D eigenvalue weighted by Crippen LogP contribution is 2.42. The summed E-state index contributed by atoms with van der Waals surface area (Å²) in [6.45, 7) is 3.48. The van der Waals surface area contributed by atoms with Crippen LogP contribution in [0.4, 0.5) is 5.69 Å². The number of carbonyl (C=O) groups excluding carboxylic acids is 3. The average molecular weight is 472 g/mol. The van der Waals surface area contributed by atoms with Gasteiger partial charge in [0.05, 0.1) is 30.4 Å². The number of aliphatic hydroxyl groups excluding tert-OH is 1. The van der Waals surface area contributed by atoms with Crippen LogP contribution in [-0.2, 0) is 14.3 Å². The number of benzene rings is 2. The van der Waals surface area contributed by atoms with Gasteiger partial charge in [0.25, 0.3) is 11.7 Å². The molecular formula is C27H24N2O6. The van der Waals surface area contributed by atoms with Crippen molar-refractivity contribution >= 4 is 29.1 Å². The number of carbonyl (C=O) groups is 3. The molecule has 178 valence electrons. The van der Waals surface area contributed by atoms with E-state index in [9.17, 15) is 19.5 Å². The fraction of sp³-hybridized carbons (Fsp3) is 0.185. The third-order valence-electron chi connectivity index (χ3n) is 5.51. The third kappa shape index (κ3) is 4.63. The molecular weight excluding hydrogens is 448 g/mol. The van der Waals surface area contributed by atoms with Gasteiger partial charge in [0.15, 0.2) is 0 Å². The third-order valence-corrected chi connectivity index (χ3v) is 5.51. The molecule has 1 saturated heterocycles. The second-order valence-electron chi connectivity index (χ2n) is 8.19. The molecule has 1 N–H and O–H groups in total. The Morgan fingerprint density at radius 1 is 1.03 bits per heavy atom. The molecule has 3 aromatic rings. The number of anilines is 1. The van der Waals surface area contributed by atoms with E-state index in [0.717, 1.165) is 0 Å². The van der Waals surface area contributed by atoms with Crippen molar-refractivity contribution in [1.82, 2.24) is 4.98 Å². The molecule has 4 rings (SSSR count). The number of aromatic nitrogens is 1. The number of pyridine rings is 1. The molecule has 0 spiro atoms. The van der Waals surface area contributed by atoms with Crippen LogP contribution in [0.2, 0.25) is 0 Å². The number of esters is 1. The van der Waals surface area contributed by atoms with Crippen molar-refractivity contribution in [3.05, 3.63) is 95.3 Å². The summed E-state index contributed by atoms with van der Waals surface area (Å²) < 4.78 is 10.4. The highest BCUT2D eigenvalue weighted by Gasteiger charge is 2.47. The van der Waals surface area contributed by atoms with Gasteiger partial charge >= 0.3 is 5.97 Å². The fourth-order valence-electron chi connectivity index (χ4n) is 3.92. The van der Waals surface area contributed by atoms with E-state index in [0.29, 0.717) is 22.6 Å². The van der Waals surface area contributed by atoms with Gasteiger partial charge in [-0.05, 0) is 67.9 Å². The van der Waals surface area contributed by atoms with Crippen LogP contribution in [0.25, 0.3) is 5.76 Å². The molecule has 0 saturated carbocycles. The quantitative estimate of drug-likeness (QED) is 0.247. The largest absolute Gasteiger partial charge is 0.507 e. The van der Waals surface area contributed by atoms with Crippen molar-refractivity contribution in [3.8, 4) is 5.75 Å². The smallest absolute Gasteiger partial charge is 0.338 e. The second-order valence-corrected chi connectivity index (χ2v) is 8.19. The van der Waals surface area contributed by atoms with E-state index in [-0.39, 0.29) is 23.0 Å². The molecule has 8 heteroatoms. The number of Topliss-reactive ketones (excluding diaryl/α,β-unsaturated/α-hetero) is 1. The summed E-state index contributed by atoms with van der Waals surface area (Å²) in [6.07, 6.45) is 2.78. The molecule has 1 aliphatic rings. The van der Waals surface area contributed by atoms with Crippen molar-refractivity contribution in [2.45, 2.75) is 26.0 Å². The van der Waals surface area contributed by atoms with Gasteiger partial charge in [-0.2, -0.15) is 0 Å². The minimum Gasteiger partial charge on any atom is -0.507 e. The predicted octanol–water partition coefficient (Wildman–Crippen LogP) is 4.28. The summed E-state index contributed by atoms with van der Waals surface area (Å²) in [5.74, 6) is -1.96. The summed E-state index contributed by atoms with van der Waals surface area (Å²) >= 11 is 0. The molecule has 1 aliphatic heterocycles. The molecule has 1 aromatic heterocycles. The van der Waals surface area contributed by atoms with Crippen molar-refractivity contribution in [2.75, 3.05) is 12.0 Å². The van der Waals surface area contributed by atoms with Crippen molar-refractivity contribution < 1.29 is 29.0 Å². The summed E-state index contributed by atoms with van der Waals surface area (Å²) in [5.41, 5.74) is 1.35. The Bertz CT molecular complexity index is 1300. The van der Waals surface area contributed by atoms with E-state index in [4.69, 9.17) is 9.47 Å². The molecule has 1 unspecified atom stereocenters. The Balaban J connectivity index is 1.86. The lowest BCUT2D eigenvalue weighted by Crippen LogP contribution is -2.29. The van der Waals surface area contributed by atoms with Crippen LogP contribution in [0.5, 0.6) is 5.75 Å². The average Bonchev–Trinajstić information content (AvgIpc) is 3.14. The summed E-state index contributed by atoms with van der Waals surface area (Å²) in [4.78, 5) is 44.4. The Labute approximate surface area is 202 Å². The zero-order valence-electron chi connectivity index (χ0n) is 19.5. The molecule has 35 heavy (non-hydrogen) atoms. The summed E-state index contributed by atoms with van der Waals surface area (Å²) in [5, 5.41) is 11.2. The standard InChI is InChI=1S/C27H24N2O6/c1-16(2)35-27(33)18-6-4-8-20(14-18)29-23(19-7-5-13-28-15-19)22(25(31)26(29)32)24(30)17-9-11-21(34-3)12-10-17/h4-16,23,30H,1-3H3/b24-22+. The van der Waals surface area contributed by atoms with Gasteiger partial charge in [0, 0.05) is 23.6 Å². The minimum atomic E-state index is -0.956. The second kappa shape index (κ2) is 9.80. The molecule has 2 heterocycles. The van der Waals surface area contributed by atoms with Crippen molar-refractivity contribution in [1.29, 1.82) is 0 Å². The molecule has 0 bridgehead atoms. The van der Waals surface area contributed by atoms with Crippen molar-refractivity contribution in [3.63, 3.8) is 0 Å². The summed E-state index contributed by atoms with van der Waals surface area (Å²) in [7, 11) is 1.52. The van der Waals surface area contributed by atoms with E-state index in [1.165, 1.54) is 24.3 Å². The zero-order chi connectivity index (χ0) is 25.1. The van der Waals surface area contributed by atoms with Crippen LogP contribution in [-0.4, -0.2) is 41.0 Å². The van der Waals surface area contributed by atoms with Crippen LogP contribution in [0.15, 0.2) is 78.6 Å². The lowest BCUT2D eigenvalue weighted by atomic mass is 9.96. The highest BCUT2D eigenvalue weighted by atomic mass is 16.5. The fourth-order valence-corrected chi connectivity index (χ4v) is 3.92. The Morgan fingerprint density at radius 2 is 1.77 bits per heavy atom. The Morgan fingerprint density at radius 3 is 2.40 bits per heavy atom. The first-order chi connectivity index (χ1) is 16.8. The molecule has 0 radical (unpaired) electrons. The number of nitrogens with zero attached hydrogens (tertiary/aromatic N) is 2. The molecule has 1 amide bonds. The van der Waals surface area contributed by atoms with Crippen LogP contribution in [0.3, 0.4) is 0 Å². The van der Waals surface area contributed by atoms with E-state index >= 15 is 0 Å². The summed E-state index contributed by atoms with van der Waals surface area (Å²) in [6, 6.07) is 15.2. The van der Waals surface area contributed by atoms with Gasteiger partial charge in [-0.1, -0.05) is 12.1 Å². The number of ketones is 1. The van der Waals surface area contributed by atoms with E-state index in [1.54, 1.807) is 74.6 Å². The number of amides is 1. The lowest BCUT2D eigenvalue weighted by Gasteiger charge is -2.25. The highest BCUT2D eigenvalue weighted by molar-refractivity contribution is 6.51. The number of rotatable bonds is 6. The van der Waals surface area contributed by atoms with Crippen molar-refractivity contribution in [2.24, 2.45) is 0 Å². The number of aliphatic hydroxyl groups is 1. The Kier molecular flexibility index (Phi) is 6.64. The minimum absolute atomic E-state index is 0.0803. The van der Waals surface area contributed by atoms with E-state index in [2.05, 4.69) is 4.98 Å². The van der Waals surface area contributed by atoms with Crippen LogP contribution < -0.4 is 9.64 Å². The molecule has 8 nitrogen and oxygen atoms in total. The first-order valence-electron chi connectivity index (χ1n) is 11.0. The Hall–Kier alpha value is -4.46. The predicted molar refractivity (Wildman–Crippen MR) is 129 cm³/mol. The zero-order valence-corrected chi connectivity index (χ0v) is 19.5. The number of hydrogen-bond acceptors (Lipinski definition) is 7. The normalized spacial score (nSPS) is 17.0. The topological polar surface area (TPSA) is 106 Å². The van der Waals surface area contributed by atoms with E-state index in [1.807, 2.05) is 0 Å². The SMILES string of the molecule is COc1ccc(/C(O)=C2\C(=O)C(=O)N(c3cccc(C(=O)OC(C)C)c3)C2c2cccnc2)cc1. The number of hydrogen-bond donors (Lipinski definition) is 1.